The van der Waals surface area contributed by atoms with Crippen LogP contribution in [-0.2, 0) is 12.4 Å². The number of carbonyl (C=O) groups is 1. The van der Waals surface area contributed by atoms with Crippen LogP contribution in [0, 0.1) is 13.8 Å². The molecule has 1 amide bonds. The second-order valence-corrected chi connectivity index (χ2v) is 7.19. The van der Waals surface area contributed by atoms with Gasteiger partial charge in [-0.1, -0.05) is 23.7 Å². The zero-order valence-electron chi connectivity index (χ0n) is 16.1. The Hall–Kier alpha value is -2.94. The number of amides is 1. The third-order valence-electron chi connectivity index (χ3n) is 4.67. The second kappa shape index (κ2) is 7.96. The number of anilines is 1. The molecule has 10 heteroatoms. The number of halogens is 7. The van der Waals surface area contributed by atoms with Gasteiger partial charge in [-0.3, -0.25) is 4.79 Å². The van der Waals surface area contributed by atoms with Crippen LogP contribution in [0.3, 0.4) is 0 Å². The Kier molecular flexibility index (Phi) is 5.84. The van der Waals surface area contributed by atoms with Gasteiger partial charge in [0.25, 0.3) is 5.91 Å². The van der Waals surface area contributed by atoms with Gasteiger partial charge in [0.1, 0.15) is 0 Å². The van der Waals surface area contributed by atoms with E-state index in [1.54, 1.807) is 0 Å². The molecule has 0 fully saturated rings. The molecule has 0 aliphatic carbocycles. The first kappa shape index (κ1) is 22.7. The molecule has 0 spiro atoms. The molecule has 3 aromatic rings. The Morgan fingerprint density at radius 2 is 1.58 bits per heavy atom. The molecule has 0 bridgehead atoms. The van der Waals surface area contributed by atoms with E-state index in [0.29, 0.717) is 11.8 Å². The highest BCUT2D eigenvalue weighted by atomic mass is 35.5. The normalized spacial score (nSPS) is 12.2. The number of benzene rings is 2. The largest absolute Gasteiger partial charge is 0.418 e. The first-order chi connectivity index (χ1) is 14.3. The van der Waals surface area contributed by atoms with Crippen molar-refractivity contribution >= 4 is 23.2 Å². The van der Waals surface area contributed by atoms with Crippen LogP contribution in [0.25, 0.3) is 5.69 Å². The van der Waals surface area contributed by atoms with Gasteiger partial charge in [0.05, 0.1) is 33.1 Å². The first-order valence-corrected chi connectivity index (χ1v) is 9.22. The van der Waals surface area contributed by atoms with Crippen molar-refractivity contribution in [3.63, 3.8) is 0 Å². The Morgan fingerprint density at radius 3 is 2.19 bits per heavy atom. The van der Waals surface area contributed by atoms with Gasteiger partial charge in [0.2, 0.25) is 0 Å². The Labute approximate surface area is 178 Å². The van der Waals surface area contributed by atoms with Crippen molar-refractivity contribution in [1.29, 1.82) is 0 Å². The molecule has 0 aliphatic rings. The number of nitrogens with one attached hydrogen (secondary N) is 1. The predicted octanol–water partition coefficient (Wildman–Crippen LogP) is 7.04. The molecule has 0 aliphatic heterocycles. The van der Waals surface area contributed by atoms with Gasteiger partial charge in [0.15, 0.2) is 0 Å². The maximum atomic E-state index is 13.4. The number of para-hydroxylation sites is 1. The van der Waals surface area contributed by atoms with E-state index in [2.05, 4.69) is 5.32 Å². The maximum Gasteiger partial charge on any atom is 0.418 e. The first-order valence-electron chi connectivity index (χ1n) is 8.84. The maximum absolute atomic E-state index is 13.4. The van der Waals surface area contributed by atoms with Crippen molar-refractivity contribution in [3.05, 3.63) is 81.6 Å². The summed E-state index contributed by atoms with van der Waals surface area (Å²) in [5.41, 5.74) is -1.78. The summed E-state index contributed by atoms with van der Waals surface area (Å²) < 4.78 is 80.4. The minimum absolute atomic E-state index is 0.00274. The summed E-state index contributed by atoms with van der Waals surface area (Å²) in [5, 5.41) is 2.20. The molecule has 1 aromatic heterocycles. The second-order valence-electron chi connectivity index (χ2n) is 6.78. The Balaban J connectivity index is 2.02. The van der Waals surface area contributed by atoms with Gasteiger partial charge in [-0.15, -0.1) is 0 Å². The number of aryl methyl sites for hydroxylation is 1. The quantitative estimate of drug-likeness (QED) is 0.418. The van der Waals surface area contributed by atoms with Crippen molar-refractivity contribution in [3.8, 4) is 5.69 Å². The number of nitrogens with zero attached hydrogens (tertiary/aromatic N) is 1. The van der Waals surface area contributed by atoms with Gasteiger partial charge in [0, 0.05) is 11.4 Å². The number of aromatic nitrogens is 1. The van der Waals surface area contributed by atoms with Crippen LogP contribution in [0.15, 0.2) is 48.5 Å². The van der Waals surface area contributed by atoms with E-state index in [0.717, 1.165) is 18.2 Å². The van der Waals surface area contributed by atoms with Crippen LogP contribution in [0.1, 0.15) is 32.9 Å². The molecule has 31 heavy (non-hydrogen) atoms. The van der Waals surface area contributed by atoms with Gasteiger partial charge in [-0.25, -0.2) is 0 Å². The van der Waals surface area contributed by atoms with Crippen LogP contribution in [0.4, 0.5) is 32.0 Å². The monoisotopic (exact) mass is 460 g/mol. The third-order valence-corrected chi connectivity index (χ3v) is 5.00. The highest BCUT2D eigenvalue weighted by Gasteiger charge is 2.35. The van der Waals surface area contributed by atoms with Gasteiger partial charge >= 0.3 is 12.4 Å². The molecule has 3 nitrogen and oxygen atoms in total. The number of hydrogen-bond acceptors (Lipinski definition) is 1. The third kappa shape index (κ3) is 4.56. The molecule has 164 valence electrons. The lowest BCUT2D eigenvalue weighted by molar-refractivity contribution is -0.138. The molecule has 0 unspecified atom stereocenters. The van der Waals surface area contributed by atoms with Crippen molar-refractivity contribution in [2.75, 3.05) is 5.32 Å². The highest BCUT2D eigenvalue weighted by Crippen LogP contribution is 2.36. The SMILES string of the molecule is Cc1cc(C(=O)Nc2cc(C(F)(F)F)ccc2Cl)c(C)n1-c1ccccc1C(F)(F)F. The van der Waals surface area contributed by atoms with Crippen molar-refractivity contribution in [2.45, 2.75) is 26.2 Å². The number of alkyl halides is 6. The van der Waals surface area contributed by atoms with Crippen LogP contribution >= 0.6 is 11.6 Å². The number of carbonyl (C=O) groups excluding carboxylic acids is 1. The lowest BCUT2D eigenvalue weighted by Gasteiger charge is -2.17. The van der Waals surface area contributed by atoms with E-state index in [1.165, 1.54) is 42.7 Å². The molecule has 1 N–H and O–H groups in total. The number of rotatable bonds is 3. The zero-order chi connectivity index (χ0) is 23.1. The minimum Gasteiger partial charge on any atom is -0.321 e. The highest BCUT2D eigenvalue weighted by molar-refractivity contribution is 6.34. The molecule has 0 radical (unpaired) electrons. The fraction of sp³-hybridized carbons (Fsp3) is 0.190. The molecule has 0 saturated carbocycles. The lowest BCUT2D eigenvalue weighted by Crippen LogP contribution is -2.15. The topological polar surface area (TPSA) is 34.0 Å². The van der Waals surface area contributed by atoms with E-state index in [1.807, 2.05) is 0 Å². The van der Waals surface area contributed by atoms with Gasteiger partial charge in [-0.2, -0.15) is 26.3 Å². The fourth-order valence-electron chi connectivity index (χ4n) is 3.26. The van der Waals surface area contributed by atoms with E-state index < -0.39 is 29.4 Å². The van der Waals surface area contributed by atoms with Crippen molar-refractivity contribution in [1.82, 2.24) is 4.57 Å². The van der Waals surface area contributed by atoms with Crippen LogP contribution in [-0.4, -0.2) is 10.5 Å². The minimum atomic E-state index is -4.64. The Bertz CT molecular complexity index is 1150. The molecule has 2 aromatic carbocycles. The summed E-state index contributed by atoms with van der Waals surface area (Å²) in [5.74, 6) is -0.801. The smallest absolute Gasteiger partial charge is 0.321 e. The average molecular weight is 461 g/mol. The Morgan fingerprint density at radius 1 is 0.935 bits per heavy atom. The van der Waals surface area contributed by atoms with E-state index in [9.17, 15) is 31.1 Å². The standard InChI is InChI=1S/C21H15ClF6N2O/c1-11-9-14(12(2)30(11)18-6-4-3-5-15(18)21(26,27)28)19(31)29-17-10-13(20(23,24)25)7-8-16(17)22/h3-10H,1-2H3,(H,29,31). The van der Waals surface area contributed by atoms with Gasteiger partial charge < -0.3 is 9.88 Å². The summed E-state index contributed by atoms with van der Waals surface area (Å²) >= 11 is 5.91. The zero-order valence-corrected chi connectivity index (χ0v) is 16.9. The summed E-state index contributed by atoms with van der Waals surface area (Å²) in [7, 11) is 0. The molecular formula is C21H15ClF6N2O. The van der Waals surface area contributed by atoms with Crippen LogP contribution < -0.4 is 5.32 Å². The van der Waals surface area contributed by atoms with E-state index in [4.69, 9.17) is 11.6 Å². The predicted molar refractivity (Wildman–Crippen MR) is 105 cm³/mol. The summed E-state index contributed by atoms with van der Waals surface area (Å²) in [4.78, 5) is 12.7. The lowest BCUT2D eigenvalue weighted by atomic mass is 10.1. The average Bonchev–Trinajstić information content (AvgIpc) is 2.96. The van der Waals surface area contributed by atoms with Crippen LogP contribution in [0.5, 0.6) is 0 Å². The van der Waals surface area contributed by atoms with Crippen LogP contribution in [0.2, 0.25) is 5.02 Å². The van der Waals surface area contributed by atoms with E-state index >= 15 is 0 Å². The summed E-state index contributed by atoms with van der Waals surface area (Å²) in [6, 6.07) is 8.72. The molecule has 0 saturated heterocycles. The molecule has 3 rings (SSSR count). The van der Waals surface area contributed by atoms with Gasteiger partial charge in [-0.05, 0) is 50.2 Å². The summed E-state index contributed by atoms with van der Waals surface area (Å²) in [6.45, 7) is 2.97. The molecular weight excluding hydrogens is 446 g/mol. The fourth-order valence-corrected chi connectivity index (χ4v) is 3.42. The number of hydrogen-bond donors (Lipinski definition) is 1. The molecule has 0 atom stereocenters. The summed E-state index contributed by atoms with van der Waals surface area (Å²) in [6.07, 6.45) is -9.26. The van der Waals surface area contributed by atoms with Crippen molar-refractivity contribution < 1.29 is 31.1 Å². The molecule has 1 heterocycles. The van der Waals surface area contributed by atoms with Crippen molar-refractivity contribution in [2.24, 2.45) is 0 Å². The van der Waals surface area contributed by atoms with E-state index in [-0.39, 0.29) is 27.7 Å².